The molecule has 0 unspecified atom stereocenters. The first-order chi connectivity index (χ1) is 9.97. The lowest BCUT2D eigenvalue weighted by Gasteiger charge is -2.16. The second kappa shape index (κ2) is 11.3. The number of allylic oxidation sites excluding steroid dienone is 2. The van der Waals surface area contributed by atoms with Crippen molar-refractivity contribution in [3.8, 4) is 0 Å². The summed E-state index contributed by atoms with van der Waals surface area (Å²) >= 11 is 0. The van der Waals surface area contributed by atoms with Gasteiger partial charge in [0.25, 0.3) is 0 Å². The van der Waals surface area contributed by atoms with Crippen LogP contribution in [0.5, 0.6) is 0 Å². The molecular formula is C17H32N4. The molecule has 4 heteroatoms. The van der Waals surface area contributed by atoms with Gasteiger partial charge in [-0.1, -0.05) is 33.8 Å². The van der Waals surface area contributed by atoms with E-state index in [0.29, 0.717) is 12.5 Å². The molecule has 0 aliphatic carbocycles. The molecule has 0 aromatic heterocycles. The topological polar surface area (TPSA) is 62.8 Å². The molecule has 0 aromatic rings. The summed E-state index contributed by atoms with van der Waals surface area (Å²) in [6.07, 6.45) is 4.88. The van der Waals surface area contributed by atoms with E-state index in [2.05, 4.69) is 44.6 Å². The van der Waals surface area contributed by atoms with Crippen molar-refractivity contribution in [1.29, 1.82) is 0 Å². The van der Waals surface area contributed by atoms with Crippen molar-refractivity contribution in [3.05, 3.63) is 23.5 Å². The van der Waals surface area contributed by atoms with Crippen molar-refractivity contribution >= 4 is 11.9 Å². The van der Waals surface area contributed by atoms with E-state index in [1.807, 2.05) is 6.21 Å². The molecule has 0 aliphatic rings. The van der Waals surface area contributed by atoms with Crippen molar-refractivity contribution in [2.75, 3.05) is 20.1 Å². The molecule has 0 heterocycles. The third kappa shape index (κ3) is 7.81. The van der Waals surface area contributed by atoms with E-state index < -0.39 is 0 Å². The zero-order chi connectivity index (χ0) is 16.3. The maximum atomic E-state index is 5.53. The normalized spacial score (nSPS) is 13.8. The van der Waals surface area contributed by atoms with Gasteiger partial charge in [0.05, 0.1) is 5.70 Å². The van der Waals surface area contributed by atoms with Gasteiger partial charge in [0.2, 0.25) is 0 Å². The van der Waals surface area contributed by atoms with E-state index in [0.717, 1.165) is 48.5 Å². The SMILES string of the molecule is C=C(NCCCN)/C(C=NC)=C(\N=C(C)CCC)C(C)C. The summed E-state index contributed by atoms with van der Waals surface area (Å²) in [4.78, 5) is 8.98. The van der Waals surface area contributed by atoms with Crippen LogP contribution in [0.15, 0.2) is 33.5 Å². The van der Waals surface area contributed by atoms with Gasteiger partial charge < -0.3 is 11.1 Å². The highest BCUT2D eigenvalue weighted by Gasteiger charge is 2.12. The van der Waals surface area contributed by atoms with Gasteiger partial charge in [0.1, 0.15) is 0 Å². The largest absolute Gasteiger partial charge is 0.385 e. The Balaban J connectivity index is 5.44. The molecule has 4 nitrogen and oxygen atoms in total. The van der Waals surface area contributed by atoms with Crippen LogP contribution in [0.3, 0.4) is 0 Å². The highest BCUT2D eigenvalue weighted by atomic mass is 14.9. The minimum atomic E-state index is 0.317. The maximum Gasteiger partial charge on any atom is 0.0536 e. The average molecular weight is 292 g/mol. The van der Waals surface area contributed by atoms with Crippen LogP contribution in [-0.2, 0) is 0 Å². The molecule has 0 aliphatic heterocycles. The third-order valence-electron chi connectivity index (χ3n) is 3.05. The molecule has 21 heavy (non-hydrogen) atoms. The highest BCUT2D eigenvalue weighted by Crippen LogP contribution is 2.20. The van der Waals surface area contributed by atoms with Gasteiger partial charge in [0, 0.05) is 36.8 Å². The van der Waals surface area contributed by atoms with Crippen molar-refractivity contribution in [3.63, 3.8) is 0 Å². The van der Waals surface area contributed by atoms with Gasteiger partial charge in [-0.2, -0.15) is 0 Å². The van der Waals surface area contributed by atoms with Crippen LogP contribution in [0.4, 0.5) is 0 Å². The van der Waals surface area contributed by atoms with Crippen molar-refractivity contribution in [2.24, 2.45) is 21.6 Å². The van der Waals surface area contributed by atoms with Crippen LogP contribution in [0.1, 0.15) is 47.0 Å². The summed E-state index contributed by atoms with van der Waals surface area (Å²) in [5.74, 6) is 0.317. The Labute approximate surface area is 130 Å². The smallest absolute Gasteiger partial charge is 0.0536 e. The number of hydrogen-bond donors (Lipinski definition) is 2. The molecule has 0 saturated carbocycles. The van der Waals surface area contributed by atoms with Crippen molar-refractivity contribution in [2.45, 2.75) is 47.0 Å². The molecule has 3 N–H and O–H groups in total. The predicted octanol–water partition coefficient (Wildman–Crippen LogP) is 3.31. The lowest BCUT2D eigenvalue weighted by Crippen LogP contribution is -2.20. The molecule has 0 bridgehead atoms. The first-order valence-electron chi connectivity index (χ1n) is 7.81. The van der Waals surface area contributed by atoms with Gasteiger partial charge in [-0.3, -0.25) is 9.98 Å². The second-order valence-corrected chi connectivity index (χ2v) is 5.49. The van der Waals surface area contributed by atoms with Crippen LogP contribution in [0, 0.1) is 5.92 Å². The quantitative estimate of drug-likeness (QED) is 0.368. The van der Waals surface area contributed by atoms with Crippen LogP contribution in [-0.4, -0.2) is 32.1 Å². The number of nitrogens with one attached hydrogen (secondary N) is 1. The number of hydrogen-bond acceptors (Lipinski definition) is 4. The first kappa shape index (κ1) is 19.6. The molecule has 0 fully saturated rings. The molecule has 0 amide bonds. The summed E-state index contributed by atoms with van der Waals surface area (Å²) in [6, 6.07) is 0. The number of rotatable bonds is 10. The van der Waals surface area contributed by atoms with E-state index >= 15 is 0 Å². The van der Waals surface area contributed by atoms with Gasteiger partial charge in [-0.05, 0) is 32.2 Å². The number of nitrogens with two attached hydrogens (primary N) is 1. The third-order valence-corrected chi connectivity index (χ3v) is 3.05. The Morgan fingerprint density at radius 2 is 2.05 bits per heavy atom. The summed E-state index contributed by atoms with van der Waals surface area (Å²) in [6.45, 7) is 14.2. The van der Waals surface area contributed by atoms with Crippen molar-refractivity contribution in [1.82, 2.24) is 5.32 Å². The van der Waals surface area contributed by atoms with Crippen LogP contribution >= 0.6 is 0 Å². The van der Waals surface area contributed by atoms with Gasteiger partial charge >= 0.3 is 0 Å². The Kier molecular flexibility index (Phi) is 10.5. The van der Waals surface area contributed by atoms with Gasteiger partial charge in [-0.15, -0.1) is 0 Å². The molecular weight excluding hydrogens is 260 g/mol. The Bertz CT molecular complexity index is 403. The Hall–Kier alpha value is -1.42. The molecule has 120 valence electrons. The van der Waals surface area contributed by atoms with E-state index in [4.69, 9.17) is 10.7 Å². The fourth-order valence-corrected chi connectivity index (χ4v) is 1.99. The molecule has 0 saturated heterocycles. The summed E-state index contributed by atoms with van der Waals surface area (Å²) in [5, 5.41) is 3.32. The molecule has 0 radical (unpaired) electrons. The summed E-state index contributed by atoms with van der Waals surface area (Å²) in [5.41, 5.74) is 9.57. The fourth-order valence-electron chi connectivity index (χ4n) is 1.99. The number of aliphatic imine (C=N–C) groups is 2. The van der Waals surface area contributed by atoms with Gasteiger partial charge in [0.15, 0.2) is 0 Å². The molecule has 0 atom stereocenters. The van der Waals surface area contributed by atoms with Gasteiger partial charge in [-0.25, -0.2) is 0 Å². The molecule has 0 spiro atoms. The zero-order valence-corrected chi connectivity index (χ0v) is 14.4. The zero-order valence-electron chi connectivity index (χ0n) is 14.4. The first-order valence-corrected chi connectivity index (χ1v) is 7.81. The Morgan fingerprint density at radius 3 is 2.52 bits per heavy atom. The average Bonchev–Trinajstić information content (AvgIpc) is 2.42. The van der Waals surface area contributed by atoms with E-state index in [-0.39, 0.29) is 0 Å². The maximum absolute atomic E-state index is 5.53. The highest BCUT2D eigenvalue weighted by molar-refractivity contribution is 5.88. The minimum Gasteiger partial charge on any atom is -0.385 e. The van der Waals surface area contributed by atoms with E-state index in [9.17, 15) is 0 Å². The van der Waals surface area contributed by atoms with E-state index in [1.165, 1.54) is 0 Å². The predicted molar refractivity (Wildman–Crippen MR) is 95.1 cm³/mol. The van der Waals surface area contributed by atoms with Crippen LogP contribution < -0.4 is 11.1 Å². The summed E-state index contributed by atoms with van der Waals surface area (Å²) in [7, 11) is 1.77. The summed E-state index contributed by atoms with van der Waals surface area (Å²) < 4.78 is 0. The Morgan fingerprint density at radius 1 is 1.38 bits per heavy atom. The van der Waals surface area contributed by atoms with Crippen LogP contribution in [0.25, 0.3) is 0 Å². The number of nitrogens with zero attached hydrogens (tertiary/aromatic N) is 2. The monoisotopic (exact) mass is 292 g/mol. The second-order valence-electron chi connectivity index (χ2n) is 5.49. The lowest BCUT2D eigenvalue weighted by atomic mass is 10.0. The minimum absolute atomic E-state index is 0.317. The van der Waals surface area contributed by atoms with E-state index in [1.54, 1.807) is 7.05 Å². The standard InChI is InChI=1S/C17H32N4/c1-7-9-14(4)21-17(13(2)3)16(12-19-6)15(5)20-11-8-10-18/h12-13,20H,5,7-11,18H2,1-4,6H3/b17-16-,19-12?,21-14?. The molecule has 0 rings (SSSR count). The fraction of sp³-hybridized carbons (Fsp3) is 0.647. The molecule has 0 aromatic carbocycles. The lowest BCUT2D eigenvalue weighted by molar-refractivity contribution is 0.723. The van der Waals surface area contributed by atoms with Crippen molar-refractivity contribution < 1.29 is 0 Å². The van der Waals surface area contributed by atoms with Crippen LogP contribution in [0.2, 0.25) is 0 Å².